The van der Waals surface area contributed by atoms with E-state index in [1.165, 1.54) is 0 Å². The van der Waals surface area contributed by atoms with Gasteiger partial charge in [-0.15, -0.1) is 11.3 Å². The van der Waals surface area contributed by atoms with E-state index in [0.29, 0.717) is 18.7 Å². The molecule has 1 amide bonds. The maximum Gasteiger partial charge on any atom is 0.257 e. The third-order valence-electron chi connectivity index (χ3n) is 3.51. The molecule has 0 spiro atoms. The Balaban J connectivity index is 1.73. The van der Waals surface area contributed by atoms with E-state index in [1.807, 2.05) is 10.3 Å². The van der Waals surface area contributed by atoms with Crippen molar-refractivity contribution in [2.45, 2.75) is 6.42 Å². The monoisotopic (exact) mass is 400 g/mol. The highest BCUT2D eigenvalue weighted by molar-refractivity contribution is 9.10. The van der Waals surface area contributed by atoms with Gasteiger partial charge in [0, 0.05) is 48.4 Å². The minimum Gasteiger partial charge on any atom is -0.346 e. The quantitative estimate of drug-likeness (QED) is 0.725. The molecule has 1 aliphatic rings. The minimum absolute atomic E-state index is 0.0696. The van der Waals surface area contributed by atoms with Gasteiger partial charge in [-0.3, -0.25) is 4.79 Å². The first-order valence-electron chi connectivity index (χ1n) is 6.90. The lowest BCUT2D eigenvalue weighted by atomic mass is 10.2. The first-order valence-corrected chi connectivity index (χ1v) is 8.95. The van der Waals surface area contributed by atoms with E-state index < -0.39 is 0 Å². The smallest absolute Gasteiger partial charge is 0.257 e. The topological polar surface area (TPSA) is 49.3 Å². The Morgan fingerprint density at radius 2 is 2.14 bits per heavy atom. The summed E-state index contributed by atoms with van der Waals surface area (Å²) in [5, 5.41) is 3.22. The number of halogens is 2. The van der Waals surface area contributed by atoms with Crippen LogP contribution in [0.25, 0.3) is 0 Å². The number of carbonyl (C=O) groups is 1. The SMILES string of the molecule is O=C(c1cc(Br)cnc1Cl)N1CCCN(c2nccs2)CC1. The summed E-state index contributed by atoms with van der Waals surface area (Å²) in [6.07, 6.45) is 4.30. The predicted molar refractivity (Wildman–Crippen MR) is 91.8 cm³/mol. The van der Waals surface area contributed by atoms with Crippen molar-refractivity contribution in [2.24, 2.45) is 0 Å². The summed E-state index contributed by atoms with van der Waals surface area (Å²) in [5.41, 5.74) is 0.443. The van der Waals surface area contributed by atoms with Crippen molar-refractivity contribution >= 4 is 49.9 Å². The molecule has 2 aromatic heterocycles. The van der Waals surface area contributed by atoms with Crippen LogP contribution in [0.5, 0.6) is 0 Å². The second-order valence-electron chi connectivity index (χ2n) is 4.94. The molecule has 3 heterocycles. The summed E-state index contributed by atoms with van der Waals surface area (Å²) in [6.45, 7) is 3.05. The van der Waals surface area contributed by atoms with Crippen LogP contribution in [-0.2, 0) is 0 Å². The highest BCUT2D eigenvalue weighted by Gasteiger charge is 2.23. The summed E-state index contributed by atoms with van der Waals surface area (Å²) >= 11 is 11.0. The second-order valence-corrected chi connectivity index (χ2v) is 7.09. The molecule has 1 fully saturated rings. The number of hydrogen-bond acceptors (Lipinski definition) is 5. The van der Waals surface area contributed by atoms with Crippen LogP contribution in [0.4, 0.5) is 5.13 Å². The van der Waals surface area contributed by atoms with Crippen molar-refractivity contribution in [3.05, 3.63) is 39.0 Å². The molecule has 0 aromatic carbocycles. The average Bonchev–Trinajstić information content (AvgIpc) is 2.94. The number of anilines is 1. The fourth-order valence-corrected chi connectivity index (χ4v) is 3.64. The average molecular weight is 402 g/mol. The van der Waals surface area contributed by atoms with E-state index in [2.05, 4.69) is 30.8 Å². The number of pyridine rings is 1. The lowest BCUT2D eigenvalue weighted by Gasteiger charge is -2.22. The van der Waals surface area contributed by atoms with Gasteiger partial charge in [-0.2, -0.15) is 0 Å². The Morgan fingerprint density at radius 3 is 2.91 bits per heavy atom. The molecule has 0 saturated carbocycles. The number of rotatable bonds is 2. The minimum atomic E-state index is -0.0696. The molecule has 22 heavy (non-hydrogen) atoms. The number of hydrogen-bond donors (Lipinski definition) is 0. The molecule has 116 valence electrons. The van der Waals surface area contributed by atoms with E-state index >= 15 is 0 Å². The molecule has 0 N–H and O–H groups in total. The maximum atomic E-state index is 12.7. The normalized spacial score (nSPS) is 15.7. The molecular weight excluding hydrogens is 388 g/mol. The molecule has 0 unspecified atom stereocenters. The molecule has 5 nitrogen and oxygen atoms in total. The zero-order valence-electron chi connectivity index (χ0n) is 11.7. The summed E-state index contributed by atoms with van der Waals surface area (Å²) in [4.78, 5) is 25.1. The fraction of sp³-hybridized carbons (Fsp3) is 0.357. The van der Waals surface area contributed by atoms with E-state index in [-0.39, 0.29) is 11.1 Å². The molecule has 1 aliphatic heterocycles. The summed E-state index contributed by atoms with van der Waals surface area (Å²) in [7, 11) is 0. The van der Waals surface area contributed by atoms with Gasteiger partial charge < -0.3 is 9.80 Å². The van der Waals surface area contributed by atoms with Crippen LogP contribution in [0, 0.1) is 0 Å². The predicted octanol–water partition coefficient (Wildman–Crippen LogP) is 3.31. The van der Waals surface area contributed by atoms with Crippen LogP contribution in [0.15, 0.2) is 28.3 Å². The number of nitrogens with zero attached hydrogens (tertiary/aromatic N) is 4. The van der Waals surface area contributed by atoms with Gasteiger partial charge >= 0.3 is 0 Å². The van der Waals surface area contributed by atoms with Gasteiger partial charge in [-0.1, -0.05) is 11.6 Å². The van der Waals surface area contributed by atoms with Gasteiger partial charge in [0.25, 0.3) is 5.91 Å². The number of amides is 1. The molecular formula is C14H14BrClN4OS. The van der Waals surface area contributed by atoms with Gasteiger partial charge in [0.15, 0.2) is 5.13 Å². The summed E-state index contributed by atoms with van der Waals surface area (Å²) in [6, 6.07) is 1.72. The zero-order valence-corrected chi connectivity index (χ0v) is 14.9. The lowest BCUT2D eigenvalue weighted by Crippen LogP contribution is -2.35. The van der Waals surface area contributed by atoms with Crippen LogP contribution in [0.1, 0.15) is 16.8 Å². The number of thiazole rings is 1. The standard InChI is InChI=1S/C14H14BrClN4OS/c15-10-8-11(12(16)18-9-10)13(21)19-3-1-4-20(6-5-19)14-17-2-7-22-14/h2,7-9H,1,3-6H2. The van der Waals surface area contributed by atoms with E-state index in [9.17, 15) is 4.79 Å². The molecule has 8 heteroatoms. The van der Waals surface area contributed by atoms with Crippen LogP contribution in [0.3, 0.4) is 0 Å². The Labute approximate surface area is 146 Å². The molecule has 1 saturated heterocycles. The van der Waals surface area contributed by atoms with Crippen LogP contribution < -0.4 is 4.90 Å². The van der Waals surface area contributed by atoms with Crippen molar-refractivity contribution < 1.29 is 4.79 Å². The van der Waals surface area contributed by atoms with Crippen molar-refractivity contribution in [1.82, 2.24) is 14.9 Å². The second kappa shape index (κ2) is 6.93. The molecule has 0 aliphatic carbocycles. The van der Waals surface area contributed by atoms with Crippen LogP contribution in [-0.4, -0.2) is 47.0 Å². The molecule has 0 radical (unpaired) electrons. The fourth-order valence-electron chi connectivity index (χ4n) is 2.43. The van der Waals surface area contributed by atoms with E-state index in [1.54, 1.807) is 29.8 Å². The Morgan fingerprint density at radius 1 is 1.27 bits per heavy atom. The summed E-state index contributed by atoms with van der Waals surface area (Å²) in [5.74, 6) is -0.0696. The third kappa shape index (κ3) is 3.42. The van der Waals surface area contributed by atoms with Gasteiger partial charge in [0.05, 0.1) is 5.56 Å². The van der Waals surface area contributed by atoms with E-state index in [4.69, 9.17) is 11.6 Å². The first kappa shape index (κ1) is 15.7. The molecule has 0 bridgehead atoms. The van der Waals surface area contributed by atoms with Crippen molar-refractivity contribution in [3.8, 4) is 0 Å². The lowest BCUT2D eigenvalue weighted by molar-refractivity contribution is 0.0766. The number of aromatic nitrogens is 2. The first-order chi connectivity index (χ1) is 10.6. The molecule has 0 atom stereocenters. The van der Waals surface area contributed by atoms with Crippen molar-refractivity contribution in [1.29, 1.82) is 0 Å². The van der Waals surface area contributed by atoms with Crippen molar-refractivity contribution in [3.63, 3.8) is 0 Å². The van der Waals surface area contributed by atoms with Crippen LogP contribution >= 0.6 is 38.9 Å². The van der Waals surface area contributed by atoms with Gasteiger partial charge in [0.1, 0.15) is 5.15 Å². The molecule has 2 aromatic rings. The van der Waals surface area contributed by atoms with Gasteiger partial charge in [0.2, 0.25) is 0 Å². The Bertz CT molecular complexity index is 667. The Kier molecular flexibility index (Phi) is 4.95. The highest BCUT2D eigenvalue weighted by atomic mass is 79.9. The summed E-state index contributed by atoms with van der Waals surface area (Å²) < 4.78 is 0.750. The molecule has 3 rings (SSSR count). The maximum absolute atomic E-state index is 12.7. The zero-order chi connectivity index (χ0) is 15.5. The third-order valence-corrected chi connectivity index (χ3v) is 5.08. The van der Waals surface area contributed by atoms with Gasteiger partial charge in [-0.05, 0) is 28.4 Å². The van der Waals surface area contributed by atoms with Gasteiger partial charge in [-0.25, -0.2) is 9.97 Å². The number of carbonyl (C=O) groups excluding carboxylic acids is 1. The Hall–Kier alpha value is -1.18. The largest absolute Gasteiger partial charge is 0.346 e. The highest BCUT2D eigenvalue weighted by Crippen LogP contribution is 2.22. The van der Waals surface area contributed by atoms with E-state index in [0.717, 1.165) is 29.1 Å². The van der Waals surface area contributed by atoms with Crippen LogP contribution in [0.2, 0.25) is 5.15 Å². The van der Waals surface area contributed by atoms with Crippen molar-refractivity contribution in [2.75, 3.05) is 31.1 Å².